The highest BCUT2D eigenvalue weighted by molar-refractivity contribution is 7.80. The minimum absolute atomic E-state index is 0.175. The summed E-state index contributed by atoms with van der Waals surface area (Å²) in [6.07, 6.45) is -1.51. The van der Waals surface area contributed by atoms with Crippen molar-refractivity contribution in [2.75, 3.05) is 13.2 Å². The van der Waals surface area contributed by atoms with Crippen LogP contribution in [-0.4, -0.2) is 35.8 Å². The van der Waals surface area contributed by atoms with Crippen molar-refractivity contribution in [1.29, 1.82) is 0 Å². The van der Waals surface area contributed by atoms with Gasteiger partial charge in [-0.3, -0.25) is 4.79 Å². The number of ether oxygens (including phenoxy) is 1. The summed E-state index contributed by atoms with van der Waals surface area (Å²) in [6, 6.07) is 0. The van der Waals surface area contributed by atoms with Gasteiger partial charge < -0.3 is 15.8 Å². The first-order valence-electron chi connectivity index (χ1n) is 6.40. The molecule has 1 aliphatic rings. The van der Waals surface area contributed by atoms with Gasteiger partial charge in [0, 0.05) is 0 Å². The quantitative estimate of drug-likeness (QED) is 0.761. The molecule has 1 amide bonds. The lowest BCUT2D eigenvalue weighted by molar-refractivity contribution is -0.175. The number of hydrogen-bond acceptors (Lipinski definition) is 3. The number of nitrogens with two attached hydrogens (primary N) is 1. The summed E-state index contributed by atoms with van der Waals surface area (Å²) in [6.45, 7) is -0.00526. The molecule has 0 aliphatic heterocycles. The van der Waals surface area contributed by atoms with Crippen molar-refractivity contribution >= 4 is 23.1 Å². The number of hydrogen-bond donors (Lipinski definition) is 2. The van der Waals surface area contributed by atoms with E-state index in [-0.39, 0.29) is 4.99 Å². The topological polar surface area (TPSA) is 64.3 Å². The van der Waals surface area contributed by atoms with E-state index >= 15 is 0 Å². The van der Waals surface area contributed by atoms with Gasteiger partial charge in [0.05, 0.1) is 10.5 Å². The first-order chi connectivity index (χ1) is 9.15. The fourth-order valence-corrected chi connectivity index (χ4v) is 2.51. The predicted molar refractivity (Wildman–Crippen MR) is 72.2 cm³/mol. The van der Waals surface area contributed by atoms with Crippen LogP contribution in [0.15, 0.2) is 0 Å². The van der Waals surface area contributed by atoms with E-state index in [1.165, 1.54) is 0 Å². The largest absolute Gasteiger partial charge is 0.411 e. The van der Waals surface area contributed by atoms with Crippen LogP contribution in [0.1, 0.15) is 32.6 Å². The van der Waals surface area contributed by atoms with E-state index in [1.807, 2.05) is 0 Å². The summed E-state index contributed by atoms with van der Waals surface area (Å²) >= 11 is 5.00. The maximum atomic E-state index is 11.9. The van der Waals surface area contributed by atoms with E-state index in [1.54, 1.807) is 0 Å². The number of thiocarbonyl (C=S) groups is 1. The zero-order valence-electron chi connectivity index (χ0n) is 11.3. The number of amides is 1. The number of halogens is 3. The highest BCUT2D eigenvalue weighted by Crippen LogP contribution is 2.32. The Morgan fingerprint density at radius 1 is 1.45 bits per heavy atom. The monoisotopic (exact) mass is 312 g/mol. The minimum atomic E-state index is -4.44. The molecule has 0 radical (unpaired) electrons. The molecule has 0 bridgehead atoms. The predicted octanol–water partition coefficient (Wildman–Crippen LogP) is 1.92. The number of carbonyl (C=O) groups excluding carboxylic acids is 1. The van der Waals surface area contributed by atoms with E-state index in [4.69, 9.17) is 18.0 Å². The molecule has 116 valence electrons. The molecule has 0 heterocycles. The van der Waals surface area contributed by atoms with E-state index in [0.717, 1.165) is 12.8 Å². The zero-order chi connectivity index (χ0) is 15.4. The Hall–Kier alpha value is -0.890. The SMILES string of the molecule is CC1CCC(NC(=O)COCC(F)(F)F)(C(N)=S)CC1. The van der Waals surface area contributed by atoms with Gasteiger partial charge in [0.25, 0.3) is 0 Å². The van der Waals surface area contributed by atoms with Gasteiger partial charge in [-0.2, -0.15) is 13.2 Å². The van der Waals surface area contributed by atoms with Crippen LogP contribution in [0.2, 0.25) is 0 Å². The Kier molecular flexibility index (Phi) is 5.76. The molecule has 1 rings (SSSR count). The molecular formula is C12H19F3N2O2S. The molecule has 0 aromatic heterocycles. The maximum absolute atomic E-state index is 11.9. The maximum Gasteiger partial charge on any atom is 0.411 e. The minimum Gasteiger partial charge on any atom is -0.391 e. The Bertz CT molecular complexity index is 366. The first-order valence-corrected chi connectivity index (χ1v) is 6.81. The summed E-state index contributed by atoms with van der Waals surface area (Å²) in [5.41, 5.74) is 4.90. The van der Waals surface area contributed by atoms with Crippen molar-refractivity contribution in [1.82, 2.24) is 5.32 Å². The molecule has 4 nitrogen and oxygen atoms in total. The van der Waals surface area contributed by atoms with Gasteiger partial charge in [-0.25, -0.2) is 0 Å². The van der Waals surface area contributed by atoms with Crippen molar-refractivity contribution in [2.45, 2.75) is 44.3 Å². The first kappa shape index (κ1) is 17.2. The highest BCUT2D eigenvalue weighted by Gasteiger charge is 2.38. The molecule has 0 aromatic rings. The Morgan fingerprint density at radius 2 is 2.00 bits per heavy atom. The van der Waals surface area contributed by atoms with Gasteiger partial charge in [0.1, 0.15) is 13.2 Å². The van der Waals surface area contributed by atoms with Crippen LogP contribution in [0, 0.1) is 5.92 Å². The van der Waals surface area contributed by atoms with E-state index in [9.17, 15) is 18.0 Å². The molecule has 1 aliphatic carbocycles. The lowest BCUT2D eigenvalue weighted by Crippen LogP contribution is -2.59. The molecule has 1 fully saturated rings. The molecule has 20 heavy (non-hydrogen) atoms. The summed E-state index contributed by atoms with van der Waals surface area (Å²) in [5.74, 6) is -0.104. The molecule has 8 heteroatoms. The van der Waals surface area contributed by atoms with E-state index in [0.29, 0.717) is 18.8 Å². The average molecular weight is 312 g/mol. The summed E-state index contributed by atoms with van der Waals surface area (Å²) in [5, 5.41) is 2.64. The van der Waals surface area contributed by atoms with Crippen molar-refractivity contribution < 1.29 is 22.7 Å². The number of nitrogens with one attached hydrogen (secondary N) is 1. The lowest BCUT2D eigenvalue weighted by Gasteiger charge is -2.39. The Morgan fingerprint density at radius 3 is 2.45 bits per heavy atom. The molecule has 0 atom stereocenters. The number of rotatable bonds is 5. The number of carbonyl (C=O) groups is 1. The van der Waals surface area contributed by atoms with Crippen LogP contribution in [-0.2, 0) is 9.53 Å². The fraction of sp³-hybridized carbons (Fsp3) is 0.833. The average Bonchev–Trinajstić information content (AvgIpc) is 2.30. The van der Waals surface area contributed by atoms with Crippen molar-refractivity contribution in [2.24, 2.45) is 11.7 Å². The van der Waals surface area contributed by atoms with Crippen LogP contribution >= 0.6 is 12.2 Å². The second-order valence-corrected chi connectivity index (χ2v) is 5.72. The standard InChI is InChI=1S/C12H19F3N2O2S/c1-8-2-4-11(5-3-8,10(16)20)17-9(18)6-19-7-12(13,14)15/h8H,2-7H2,1H3,(H2,16,20)(H,17,18). The fourth-order valence-electron chi connectivity index (χ4n) is 2.25. The third kappa shape index (κ3) is 5.24. The zero-order valence-corrected chi connectivity index (χ0v) is 12.1. The molecule has 0 saturated heterocycles. The van der Waals surface area contributed by atoms with Crippen LogP contribution in [0.4, 0.5) is 13.2 Å². The molecule has 0 spiro atoms. The van der Waals surface area contributed by atoms with Gasteiger partial charge in [-0.05, 0) is 31.6 Å². The van der Waals surface area contributed by atoms with Gasteiger partial charge in [0.2, 0.25) is 5.91 Å². The molecule has 3 N–H and O–H groups in total. The molecule has 0 aromatic carbocycles. The van der Waals surface area contributed by atoms with Crippen LogP contribution < -0.4 is 11.1 Å². The second-order valence-electron chi connectivity index (χ2n) is 5.29. The van der Waals surface area contributed by atoms with Gasteiger partial charge >= 0.3 is 6.18 Å². The van der Waals surface area contributed by atoms with Crippen molar-refractivity contribution in [3.8, 4) is 0 Å². The van der Waals surface area contributed by atoms with Crippen molar-refractivity contribution in [3.05, 3.63) is 0 Å². The summed E-state index contributed by atoms with van der Waals surface area (Å²) in [7, 11) is 0. The van der Waals surface area contributed by atoms with Gasteiger partial charge in [0.15, 0.2) is 0 Å². The lowest BCUT2D eigenvalue weighted by atomic mass is 9.77. The van der Waals surface area contributed by atoms with Gasteiger partial charge in [-0.1, -0.05) is 19.1 Å². The van der Waals surface area contributed by atoms with E-state index in [2.05, 4.69) is 17.0 Å². The molecule has 0 unspecified atom stereocenters. The third-order valence-corrected chi connectivity index (χ3v) is 3.87. The Balaban J connectivity index is 2.50. The highest BCUT2D eigenvalue weighted by atomic mass is 32.1. The molecule has 1 saturated carbocycles. The van der Waals surface area contributed by atoms with Crippen LogP contribution in [0.5, 0.6) is 0 Å². The summed E-state index contributed by atoms with van der Waals surface area (Å²) < 4.78 is 40.1. The van der Waals surface area contributed by atoms with E-state index < -0.39 is 30.8 Å². The van der Waals surface area contributed by atoms with Gasteiger partial charge in [-0.15, -0.1) is 0 Å². The van der Waals surface area contributed by atoms with Crippen LogP contribution in [0.25, 0.3) is 0 Å². The number of alkyl halides is 3. The van der Waals surface area contributed by atoms with Crippen molar-refractivity contribution in [3.63, 3.8) is 0 Å². The molecular weight excluding hydrogens is 293 g/mol. The van der Waals surface area contributed by atoms with Crippen LogP contribution in [0.3, 0.4) is 0 Å². The third-order valence-electron chi connectivity index (χ3n) is 3.48. The smallest absolute Gasteiger partial charge is 0.391 e. The second kappa shape index (κ2) is 6.71. The summed E-state index contributed by atoms with van der Waals surface area (Å²) in [4.78, 5) is 11.8. The normalized spacial score (nSPS) is 27.1. The Labute approximate surface area is 121 Å².